The SMILES string of the molecule is C[C@@H](OC(=O)C[C@H](C)c1ccccc1)C(=O)Nc1ccc(Br)cc1. The number of benzene rings is 2. The van der Waals surface area contributed by atoms with Gasteiger partial charge < -0.3 is 10.1 Å². The molecule has 0 aromatic heterocycles. The van der Waals surface area contributed by atoms with Gasteiger partial charge in [-0.2, -0.15) is 0 Å². The van der Waals surface area contributed by atoms with Crippen LogP contribution < -0.4 is 5.32 Å². The molecule has 2 aromatic carbocycles. The molecule has 2 aromatic rings. The van der Waals surface area contributed by atoms with Gasteiger partial charge in [-0.15, -0.1) is 0 Å². The normalized spacial score (nSPS) is 13.0. The Balaban J connectivity index is 1.84. The lowest BCUT2D eigenvalue weighted by atomic mass is 9.98. The van der Waals surface area contributed by atoms with Gasteiger partial charge in [0.15, 0.2) is 6.10 Å². The molecule has 126 valence electrons. The highest BCUT2D eigenvalue weighted by Crippen LogP contribution is 2.19. The van der Waals surface area contributed by atoms with E-state index < -0.39 is 6.10 Å². The van der Waals surface area contributed by atoms with Crippen LogP contribution in [0.4, 0.5) is 5.69 Å². The smallest absolute Gasteiger partial charge is 0.307 e. The first kappa shape index (κ1) is 18.2. The lowest BCUT2D eigenvalue weighted by Crippen LogP contribution is -2.30. The second-order valence-electron chi connectivity index (χ2n) is 5.64. The zero-order valence-electron chi connectivity index (χ0n) is 13.7. The van der Waals surface area contributed by atoms with Crippen molar-refractivity contribution in [2.24, 2.45) is 0 Å². The van der Waals surface area contributed by atoms with E-state index in [9.17, 15) is 9.59 Å². The summed E-state index contributed by atoms with van der Waals surface area (Å²) in [6, 6.07) is 17.0. The minimum Gasteiger partial charge on any atom is -0.453 e. The molecule has 5 heteroatoms. The Kier molecular flexibility index (Phi) is 6.55. The highest BCUT2D eigenvalue weighted by Gasteiger charge is 2.20. The topological polar surface area (TPSA) is 55.4 Å². The van der Waals surface area contributed by atoms with E-state index in [4.69, 9.17) is 4.74 Å². The Morgan fingerprint density at radius 1 is 1.04 bits per heavy atom. The fourth-order valence-electron chi connectivity index (χ4n) is 2.23. The molecule has 1 N–H and O–H groups in total. The monoisotopic (exact) mass is 389 g/mol. The number of rotatable bonds is 6. The van der Waals surface area contributed by atoms with Gasteiger partial charge in [-0.25, -0.2) is 0 Å². The zero-order chi connectivity index (χ0) is 17.5. The molecule has 24 heavy (non-hydrogen) atoms. The first-order valence-corrected chi connectivity index (χ1v) is 8.56. The molecule has 0 heterocycles. The second kappa shape index (κ2) is 8.64. The van der Waals surface area contributed by atoms with Gasteiger partial charge in [-0.1, -0.05) is 53.2 Å². The number of carbonyl (C=O) groups excluding carboxylic acids is 2. The molecule has 0 aliphatic rings. The fourth-order valence-corrected chi connectivity index (χ4v) is 2.49. The lowest BCUT2D eigenvalue weighted by molar-refractivity contribution is -0.153. The summed E-state index contributed by atoms with van der Waals surface area (Å²) in [7, 11) is 0. The minimum absolute atomic E-state index is 0.0421. The molecule has 0 aliphatic carbocycles. The predicted octanol–water partition coefficient (Wildman–Crippen LogP) is 4.51. The van der Waals surface area contributed by atoms with E-state index in [1.807, 2.05) is 49.4 Å². The van der Waals surface area contributed by atoms with Crippen LogP contribution in [0.2, 0.25) is 0 Å². The van der Waals surface area contributed by atoms with Gasteiger partial charge in [0.2, 0.25) is 0 Å². The molecule has 0 aliphatic heterocycles. The number of esters is 1. The number of amides is 1. The first-order chi connectivity index (χ1) is 11.5. The molecule has 4 nitrogen and oxygen atoms in total. The standard InChI is InChI=1S/C19H20BrNO3/c1-13(15-6-4-3-5-7-15)12-18(22)24-14(2)19(23)21-17-10-8-16(20)9-11-17/h3-11,13-14H,12H2,1-2H3,(H,21,23)/t13-,14+/m0/s1. The summed E-state index contributed by atoms with van der Waals surface area (Å²) in [5, 5.41) is 2.72. The average molecular weight is 390 g/mol. The van der Waals surface area contributed by atoms with Crippen LogP contribution in [0, 0.1) is 0 Å². The van der Waals surface area contributed by atoms with Crippen LogP contribution in [0.3, 0.4) is 0 Å². The van der Waals surface area contributed by atoms with Crippen molar-refractivity contribution in [3.8, 4) is 0 Å². The number of nitrogens with one attached hydrogen (secondary N) is 1. The number of halogens is 1. The van der Waals surface area contributed by atoms with Crippen LogP contribution >= 0.6 is 15.9 Å². The summed E-state index contributed by atoms with van der Waals surface area (Å²) in [4.78, 5) is 24.1. The molecule has 0 bridgehead atoms. The Morgan fingerprint density at radius 2 is 1.67 bits per heavy atom. The molecular formula is C19H20BrNO3. The maximum Gasteiger partial charge on any atom is 0.307 e. The number of hydrogen-bond acceptors (Lipinski definition) is 3. The molecule has 0 saturated carbocycles. The van der Waals surface area contributed by atoms with E-state index in [-0.39, 0.29) is 24.2 Å². The van der Waals surface area contributed by atoms with Crippen LogP contribution in [-0.2, 0) is 14.3 Å². The number of ether oxygens (including phenoxy) is 1. The van der Waals surface area contributed by atoms with Crippen molar-refractivity contribution in [1.29, 1.82) is 0 Å². The number of anilines is 1. The fraction of sp³-hybridized carbons (Fsp3) is 0.263. The van der Waals surface area contributed by atoms with E-state index >= 15 is 0 Å². The van der Waals surface area contributed by atoms with E-state index in [2.05, 4.69) is 21.2 Å². The Hall–Kier alpha value is -2.14. The number of carbonyl (C=O) groups is 2. The Labute approximate surface area is 150 Å². The molecule has 0 radical (unpaired) electrons. The van der Waals surface area contributed by atoms with Crippen molar-refractivity contribution in [1.82, 2.24) is 0 Å². The summed E-state index contributed by atoms with van der Waals surface area (Å²) in [5.74, 6) is -0.691. The van der Waals surface area contributed by atoms with E-state index in [0.29, 0.717) is 5.69 Å². The molecule has 2 atom stereocenters. The molecule has 0 fully saturated rings. The van der Waals surface area contributed by atoms with Crippen molar-refractivity contribution in [2.45, 2.75) is 32.3 Å². The van der Waals surface area contributed by atoms with Gasteiger partial charge in [0.05, 0.1) is 6.42 Å². The van der Waals surface area contributed by atoms with Crippen LogP contribution in [0.5, 0.6) is 0 Å². The summed E-state index contributed by atoms with van der Waals surface area (Å²) in [5.41, 5.74) is 1.73. The van der Waals surface area contributed by atoms with Crippen molar-refractivity contribution >= 4 is 33.5 Å². The van der Waals surface area contributed by atoms with Gasteiger partial charge in [0.25, 0.3) is 5.91 Å². The quantitative estimate of drug-likeness (QED) is 0.739. The van der Waals surface area contributed by atoms with E-state index in [0.717, 1.165) is 10.0 Å². The maximum absolute atomic E-state index is 12.1. The van der Waals surface area contributed by atoms with Gasteiger partial charge in [-0.3, -0.25) is 9.59 Å². The average Bonchev–Trinajstić information content (AvgIpc) is 2.57. The first-order valence-electron chi connectivity index (χ1n) is 7.76. The van der Waals surface area contributed by atoms with Gasteiger partial charge in [0, 0.05) is 10.2 Å². The molecule has 0 unspecified atom stereocenters. The number of hydrogen-bond donors (Lipinski definition) is 1. The summed E-state index contributed by atoms with van der Waals surface area (Å²) < 4.78 is 6.17. The third-order valence-electron chi connectivity index (χ3n) is 3.63. The third-order valence-corrected chi connectivity index (χ3v) is 4.16. The van der Waals surface area contributed by atoms with Gasteiger partial charge in [0.1, 0.15) is 0 Å². The Morgan fingerprint density at radius 3 is 2.29 bits per heavy atom. The predicted molar refractivity (Wildman–Crippen MR) is 97.8 cm³/mol. The van der Waals surface area contributed by atoms with Gasteiger partial charge >= 0.3 is 5.97 Å². The Bertz CT molecular complexity index is 686. The summed E-state index contributed by atoms with van der Waals surface area (Å²) in [6.45, 7) is 3.53. The van der Waals surface area contributed by atoms with E-state index in [1.54, 1.807) is 19.1 Å². The lowest BCUT2D eigenvalue weighted by Gasteiger charge is -2.16. The van der Waals surface area contributed by atoms with Crippen LogP contribution in [-0.4, -0.2) is 18.0 Å². The van der Waals surface area contributed by atoms with E-state index in [1.165, 1.54) is 0 Å². The van der Waals surface area contributed by atoms with Crippen LogP contribution in [0.15, 0.2) is 59.1 Å². The van der Waals surface area contributed by atoms with Crippen LogP contribution in [0.25, 0.3) is 0 Å². The summed E-state index contributed by atoms with van der Waals surface area (Å²) in [6.07, 6.45) is -0.607. The minimum atomic E-state index is -0.843. The van der Waals surface area contributed by atoms with Gasteiger partial charge in [-0.05, 0) is 42.7 Å². The molecular weight excluding hydrogens is 370 g/mol. The molecule has 0 spiro atoms. The highest BCUT2D eigenvalue weighted by atomic mass is 79.9. The third kappa shape index (κ3) is 5.49. The van der Waals surface area contributed by atoms with Crippen molar-refractivity contribution in [3.05, 3.63) is 64.6 Å². The van der Waals surface area contributed by atoms with Crippen LogP contribution in [0.1, 0.15) is 31.7 Å². The zero-order valence-corrected chi connectivity index (χ0v) is 15.2. The highest BCUT2D eigenvalue weighted by molar-refractivity contribution is 9.10. The van der Waals surface area contributed by atoms with Crippen molar-refractivity contribution < 1.29 is 14.3 Å². The molecule has 2 rings (SSSR count). The summed E-state index contributed by atoms with van der Waals surface area (Å²) >= 11 is 3.33. The second-order valence-corrected chi connectivity index (χ2v) is 6.56. The van der Waals surface area contributed by atoms with Crippen molar-refractivity contribution in [3.63, 3.8) is 0 Å². The molecule has 1 amide bonds. The maximum atomic E-state index is 12.1. The van der Waals surface area contributed by atoms with Crippen molar-refractivity contribution in [2.75, 3.05) is 5.32 Å². The largest absolute Gasteiger partial charge is 0.453 e. The molecule has 0 saturated heterocycles.